The summed E-state index contributed by atoms with van der Waals surface area (Å²) in [6.45, 7) is 9.36. The smallest absolute Gasteiger partial charge is 0.263 e. The van der Waals surface area contributed by atoms with E-state index >= 15 is 0 Å². The lowest BCUT2D eigenvalue weighted by molar-refractivity contribution is -0.144. The average Bonchev–Trinajstić information content (AvgIpc) is 2.68. The Balaban J connectivity index is 1.60. The van der Waals surface area contributed by atoms with Crippen LogP contribution in [-0.4, -0.2) is 66.5 Å². The summed E-state index contributed by atoms with van der Waals surface area (Å²) in [5.41, 5.74) is 1.20. The van der Waals surface area contributed by atoms with Gasteiger partial charge >= 0.3 is 0 Å². The van der Waals surface area contributed by atoms with Gasteiger partial charge in [0.25, 0.3) is 5.91 Å². The fourth-order valence-electron chi connectivity index (χ4n) is 3.88. The zero-order chi connectivity index (χ0) is 19.4. The molecule has 0 saturated carbocycles. The first-order valence-electron chi connectivity index (χ1n) is 10.0. The van der Waals surface area contributed by atoms with Crippen molar-refractivity contribution in [2.75, 3.05) is 32.7 Å². The maximum absolute atomic E-state index is 12.9. The van der Waals surface area contributed by atoms with Crippen LogP contribution in [0.25, 0.3) is 0 Å². The second-order valence-electron chi connectivity index (χ2n) is 7.83. The Bertz CT molecular complexity index is 676. The first kappa shape index (κ1) is 19.7. The molecule has 6 nitrogen and oxygen atoms in total. The van der Waals surface area contributed by atoms with Crippen molar-refractivity contribution in [3.05, 3.63) is 29.8 Å². The molecule has 2 unspecified atom stereocenters. The highest BCUT2D eigenvalue weighted by molar-refractivity contribution is 5.82. The molecule has 2 heterocycles. The van der Waals surface area contributed by atoms with Gasteiger partial charge in [0.05, 0.1) is 6.54 Å². The normalized spacial score (nSPS) is 22.1. The molecule has 27 heavy (non-hydrogen) atoms. The Morgan fingerprint density at radius 1 is 1.26 bits per heavy atom. The molecule has 3 rings (SSSR count). The van der Waals surface area contributed by atoms with Crippen molar-refractivity contribution in [3.63, 3.8) is 0 Å². The number of piperidine rings is 1. The van der Waals surface area contributed by atoms with Gasteiger partial charge in [-0.15, -0.1) is 0 Å². The summed E-state index contributed by atoms with van der Waals surface area (Å²) >= 11 is 0. The maximum atomic E-state index is 12.9. The Labute approximate surface area is 161 Å². The van der Waals surface area contributed by atoms with Crippen molar-refractivity contribution in [2.45, 2.75) is 51.7 Å². The third-order valence-corrected chi connectivity index (χ3v) is 5.46. The number of likely N-dealkylation sites (tertiary alicyclic amines) is 1. The van der Waals surface area contributed by atoms with Crippen molar-refractivity contribution in [1.82, 2.24) is 15.1 Å². The fourth-order valence-corrected chi connectivity index (χ4v) is 3.88. The summed E-state index contributed by atoms with van der Waals surface area (Å²) in [6.07, 6.45) is 1.34. The van der Waals surface area contributed by atoms with E-state index in [1.807, 2.05) is 34.9 Å². The highest BCUT2D eigenvalue weighted by Crippen LogP contribution is 2.22. The van der Waals surface area contributed by atoms with Gasteiger partial charge in [0.15, 0.2) is 6.10 Å². The van der Waals surface area contributed by atoms with E-state index in [4.69, 9.17) is 4.74 Å². The predicted octanol–water partition coefficient (Wildman–Crippen LogP) is 2.00. The van der Waals surface area contributed by atoms with Crippen LogP contribution >= 0.6 is 0 Å². The number of benzene rings is 1. The zero-order valence-electron chi connectivity index (χ0n) is 16.6. The van der Waals surface area contributed by atoms with Gasteiger partial charge in [-0.2, -0.15) is 0 Å². The zero-order valence-corrected chi connectivity index (χ0v) is 16.6. The van der Waals surface area contributed by atoms with Crippen molar-refractivity contribution < 1.29 is 14.3 Å². The molecule has 0 aliphatic carbocycles. The van der Waals surface area contributed by atoms with Crippen LogP contribution in [0.15, 0.2) is 24.3 Å². The minimum Gasteiger partial charge on any atom is -0.481 e. The third-order valence-electron chi connectivity index (χ3n) is 5.46. The SMILES string of the molecule is CC(Oc1cccc(C(C)C)c1)C(=O)N1CCCC(N2CCNCC2=O)C1. The fraction of sp³-hybridized carbons (Fsp3) is 0.619. The van der Waals surface area contributed by atoms with Crippen molar-refractivity contribution in [1.29, 1.82) is 0 Å². The van der Waals surface area contributed by atoms with Crippen molar-refractivity contribution >= 4 is 11.8 Å². The van der Waals surface area contributed by atoms with Gasteiger partial charge in [-0.3, -0.25) is 9.59 Å². The molecule has 1 aromatic carbocycles. The number of hydrogen-bond donors (Lipinski definition) is 1. The summed E-state index contributed by atoms with van der Waals surface area (Å²) in [7, 11) is 0. The first-order valence-corrected chi connectivity index (χ1v) is 10.0. The van der Waals surface area contributed by atoms with Crippen LogP contribution in [0.1, 0.15) is 45.1 Å². The van der Waals surface area contributed by atoms with Crippen LogP contribution in [0.3, 0.4) is 0 Å². The number of carbonyl (C=O) groups is 2. The number of rotatable bonds is 5. The molecule has 6 heteroatoms. The number of hydrogen-bond acceptors (Lipinski definition) is 4. The van der Waals surface area contributed by atoms with E-state index in [-0.39, 0.29) is 17.9 Å². The third kappa shape index (κ3) is 4.80. The molecule has 0 radical (unpaired) electrons. The molecule has 2 aliphatic heterocycles. The molecule has 0 aromatic heterocycles. The van der Waals surface area contributed by atoms with Gasteiger partial charge in [0.2, 0.25) is 5.91 Å². The monoisotopic (exact) mass is 373 g/mol. The number of ether oxygens (including phenoxy) is 1. The number of piperazine rings is 1. The summed E-state index contributed by atoms with van der Waals surface area (Å²) < 4.78 is 5.94. The summed E-state index contributed by atoms with van der Waals surface area (Å²) in [6, 6.07) is 8.06. The second-order valence-corrected chi connectivity index (χ2v) is 7.83. The number of nitrogens with one attached hydrogen (secondary N) is 1. The predicted molar refractivity (Wildman–Crippen MR) is 105 cm³/mol. The number of carbonyl (C=O) groups excluding carboxylic acids is 2. The van der Waals surface area contributed by atoms with Gasteiger partial charge in [-0.1, -0.05) is 26.0 Å². The Kier molecular flexibility index (Phi) is 6.37. The maximum Gasteiger partial charge on any atom is 0.263 e. The van der Waals surface area contributed by atoms with Crippen LogP contribution in [0.2, 0.25) is 0 Å². The van der Waals surface area contributed by atoms with Crippen LogP contribution in [0.5, 0.6) is 5.75 Å². The molecular formula is C21H31N3O3. The molecule has 0 bridgehead atoms. The number of nitrogens with zero attached hydrogens (tertiary/aromatic N) is 2. The largest absolute Gasteiger partial charge is 0.481 e. The minimum atomic E-state index is -0.537. The molecule has 1 aromatic rings. The second kappa shape index (κ2) is 8.74. The lowest BCUT2D eigenvalue weighted by atomic mass is 10.0. The molecule has 1 N–H and O–H groups in total. The van der Waals surface area contributed by atoms with Gasteiger partial charge in [0.1, 0.15) is 5.75 Å². The van der Waals surface area contributed by atoms with Crippen molar-refractivity contribution in [3.8, 4) is 5.75 Å². The van der Waals surface area contributed by atoms with Gasteiger partial charge < -0.3 is 19.9 Å². The van der Waals surface area contributed by atoms with Crippen LogP contribution in [0, 0.1) is 0 Å². The lowest BCUT2D eigenvalue weighted by Crippen LogP contribution is -2.58. The van der Waals surface area contributed by atoms with Crippen LogP contribution < -0.4 is 10.1 Å². The van der Waals surface area contributed by atoms with E-state index in [1.54, 1.807) is 0 Å². The Morgan fingerprint density at radius 3 is 2.81 bits per heavy atom. The minimum absolute atomic E-state index is 0.00256. The molecule has 0 spiro atoms. The van der Waals surface area contributed by atoms with Gasteiger partial charge in [0, 0.05) is 32.2 Å². The van der Waals surface area contributed by atoms with Crippen LogP contribution in [0.4, 0.5) is 0 Å². The topological polar surface area (TPSA) is 61.9 Å². The Hall–Kier alpha value is -2.08. The van der Waals surface area contributed by atoms with E-state index in [0.717, 1.165) is 38.2 Å². The molecule has 2 amide bonds. The lowest BCUT2D eigenvalue weighted by Gasteiger charge is -2.41. The van der Waals surface area contributed by atoms with Crippen molar-refractivity contribution in [2.24, 2.45) is 0 Å². The molecular weight excluding hydrogens is 342 g/mol. The van der Waals surface area contributed by atoms with E-state index in [2.05, 4.69) is 25.2 Å². The van der Waals surface area contributed by atoms with E-state index in [1.165, 1.54) is 5.56 Å². The summed E-state index contributed by atoms with van der Waals surface area (Å²) in [5, 5.41) is 3.10. The molecule has 2 aliphatic rings. The van der Waals surface area contributed by atoms with E-state index < -0.39 is 6.10 Å². The standard InChI is InChI=1S/C21H31N3O3/c1-15(2)17-6-4-8-19(12-17)27-16(3)21(26)23-10-5-7-18(14-23)24-11-9-22-13-20(24)25/h4,6,8,12,15-16,18,22H,5,7,9-11,13-14H2,1-3H3. The summed E-state index contributed by atoms with van der Waals surface area (Å²) in [4.78, 5) is 28.9. The van der Waals surface area contributed by atoms with E-state index in [9.17, 15) is 9.59 Å². The molecule has 2 saturated heterocycles. The molecule has 2 fully saturated rings. The highest BCUT2D eigenvalue weighted by atomic mass is 16.5. The number of amides is 2. The Morgan fingerprint density at radius 2 is 2.07 bits per heavy atom. The first-order chi connectivity index (χ1) is 13.0. The molecule has 2 atom stereocenters. The summed E-state index contributed by atoms with van der Waals surface area (Å²) in [5.74, 6) is 1.28. The van der Waals surface area contributed by atoms with Gasteiger partial charge in [-0.25, -0.2) is 0 Å². The van der Waals surface area contributed by atoms with Gasteiger partial charge in [-0.05, 0) is 43.4 Å². The quantitative estimate of drug-likeness (QED) is 0.858. The average molecular weight is 373 g/mol. The van der Waals surface area contributed by atoms with E-state index in [0.29, 0.717) is 19.0 Å². The van der Waals surface area contributed by atoms with Crippen LogP contribution in [-0.2, 0) is 9.59 Å². The molecule has 148 valence electrons. The highest BCUT2D eigenvalue weighted by Gasteiger charge is 2.33.